The Balaban J connectivity index is 2.19. The van der Waals surface area contributed by atoms with Gasteiger partial charge in [0.25, 0.3) is 0 Å². The van der Waals surface area contributed by atoms with Crippen molar-refractivity contribution >= 4 is 23.4 Å². The first-order chi connectivity index (χ1) is 2.41. The van der Waals surface area contributed by atoms with Crippen molar-refractivity contribution in [3.05, 3.63) is 0 Å². The second kappa shape index (κ2) is 4.74. The van der Waals surface area contributed by atoms with E-state index >= 15 is 0 Å². The van der Waals surface area contributed by atoms with Crippen molar-refractivity contribution in [1.82, 2.24) is 0 Å². The zero-order valence-electron chi connectivity index (χ0n) is 2.85. The molecule has 0 amide bonds. The van der Waals surface area contributed by atoms with E-state index in [4.69, 9.17) is 5.11 Å². The molecule has 0 spiro atoms. The summed E-state index contributed by atoms with van der Waals surface area (Å²) in [5, 5.41) is 7.96. The molecule has 3 heteroatoms. The van der Waals surface area contributed by atoms with Crippen molar-refractivity contribution in [2.75, 3.05) is 13.2 Å². The molecule has 0 unspecified atom stereocenters. The van der Waals surface area contributed by atoms with Gasteiger partial charge in [-0.1, -0.05) is 0 Å². The SMILES string of the molecule is OCC[O][SbH2]. The first-order valence-corrected chi connectivity index (χ1v) is 2.69. The van der Waals surface area contributed by atoms with Crippen molar-refractivity contribution in [1.29, 1.82) is 0 Å². The van der Waals surface area contributed by atoms with Crippen LogP contribution in [-0.4, -0.2) is 41.8 Å². The van der Waals surface area contributed by atoms with Crippen molar-refractivity contribution < 1.29 is 8.12 Å². The first-order valence-electron chi connectivity index (χ1n) is 1.34. The summed E-state index contributed by atoms with van der Waals surface area (Å²) in [6.07, 6.45) is 0. The second-order valence-electron chi connectivity index (χ2n) is 0.594. The molecule has 0 heterocycles. The van der Waals surface area contributed by atoms with E-state index in [0.717, 1.165) is 23.4 Å². The Kier molecular flexibility index (Phi) is 5.44. The third-order valence-corrected chi connectivity index (χ3v) is 0.882. The molecule has 0 aliphatic heterocycles. The van der Waals surface area contributed by atoms with E-state index in [1.807, 2.05) is 0 Å². The molecule has 0 atom stereocenters. The summed E-state index contributed by atoms with van der Waals surface area (Å²) < 4.78 is 4.57. The minimum absolute atomic E-state index is 0.154. The van der Waals surface area contributed by atoms with Gasteiger partial charge >= 0.3 is 44.8 Å². The fourth-order valence-electron chi connectivity index (χ4n) is 0.0527. The summed E-state index contributed by atoms with van der Waals surface area (Å²) in [5.41, 5.74) is 0. The van der Waals surface area contributed by atoms with Gasteiger partial charge in [0.2, 0.25) is 0 Å². The quantitative estimate of drug-likeness (QED) is 0.532. The molecule has 0 bridgehead atoms. The Hall–Kier alpha value is 0.738. The number of aliphatic hydroxyl groups excluding tert-OH is 1. The molecule has 32 valence electrons. The molecular formula is C2H7O2Sb. The monoisotopic (exact) mass is 184 g/mol. The molecule has 0 aromatic carbocycles. The van der Waals surface area contributed by atoms with E-state index in [0.29, 0.717) is 6.61 Å². The van der Waals surface area contributed by atoms with Crippen LogP contribution in [0.15, 0.2) is 0 Å². The molecule has 0 aliphatic carbocycles. The summed E-state index contributed by atoms with van der Waals surface area (Å²) in [6.45, 7) is 0.656. The number of hydrogen-bond donors (Lipinski definition) is 1. The number of hydrogen-bond acceptors (Lipinski definition) is 2. The Morgan fingerprint density at radius 1 is 1.80 bits per heavy atom. The van der Waals surface area contributed by atoms with Gasteiger partial charge in [-0.25, -0.2) is 0 Å². The van der Waals surface area contributed by atoms with Gasteiger partial charge in [0, 0.05) is 0 Å². The zero-order chi connectivity index (χ0) is 4.12. The molecule has 0 saturated carbocycles. The fraction of sp³-hybridized carbons (Fsp3) is 1.00. The Bertz CT molecular complexity index is 15.1. The minimum atomic E-state index is 0.154. The average molecular weight is 185 g/mol. The van der Waals surface area contributed by atoms with Gasteiger partial charge in [-0.05, 0) is 0 Å². The van der Waals surface area contributed by atoms with Crippen LogP contribution in [-0.2, 0) is 3.02 Å². The maximum absolute atomic E-state index is 7.96. The van der Waals surface area contributed by atoms with Crippen LogP contribution >= 0.6 is 0 Å². The van der Waals surface area contributed by atoms with Crippen LogP contribution < -0.4 is 0 Å². The summed E-state index contributed by atoms with van der Waals surface area (Å²) >= 11 is 0.791. The first kappa shape index (κ1) is 5.74. The van der Waals surface area contributed by atoms with Gasteiger partial charge in [-0.15, -0.1) is 0 Å². The normalized spacial score (nSPS) is 8.40. The van der Waals surface area contributed by atoms with Gasteiger partial charge in [0.1, 0.15) is 0 Å². The molecule has 0 rings (SSSR count). The summed E-state index contributed by atoms with van der Waals surface area (Å²) in [4.78, 5) is 0. The van der Waals surface area contributed by atoms with E-state index in [-0.39, 0.29) is 6.61 Å². The molecule has 0 aromatic heterocycles. The van der Waals surface area contributed by atoms with Crippen LogP contribution in [0.3, 0.4) is 0 Å². The van der Waals surface area contributed by atoms with E-state index < -0.39 is 0 Å². The molecular weight excluding hydrogens is 178 g/mol. The van der Waals surface area contributed by atoms with Gasteiger partial charge in [0.05, 0.1) is 0 Å². The molecule has 1 N–H and O–H groups in total. The zero-order valence-corrected chi connectivity index (χ0v) is 6.14. The summed E-state index contributed by atoms with van der Waals surface area (Å²) in [7, 11) is 0. The van der Waals surface area contributed by atoms with Crippen LogP contribution in [0.5, 0.6) is 0 Å². The van der Waals surface area contributed by atoms with Crippen molar-refractivity contribution in [3.63, 3.8) is 0 Å². The molecule has 0 saturated heterocycles. The molecule has 0 aromatic rings. The van der Waals surface area contributed by atoms with E-state index in [2.05, 4.69) is 3.02 Å². The Morgan fingerprint density at radius 2 is 2.40 bits per heavy atom. The predicted octanol–water partition coefficient (Wildman–Crippen LogP) is -1.46. The van der Waals surface area contributed by atoms with E-state index in [9.17, 15) is 0 Å². The van der Waals surface area contributed by atoms with Gasteiger partial charge in [-0.3, -0.25) is 0 Å². The fourth-order valence-corrected chi connectivity index (χ4v) is 0.354. The number of rotatable bonds is 2. The predicted molar refractivity (Wildman–Crippen MR) is 21.6 cm³/mol. The van der Waals surface area contributed by atoms with Crippen molar-refractivity contribution in [3.8, 4) is 0 Å². The van der Waals surface area contributed by atoms with Crippen LogP contribution in [0.2, 0.25) is 0 Å². The third-order valence-electron chi connectivity index (χ3n) is 0.209. The van der Waals surface area contributed by atoms with E-state index in [1.54, 1.807) is 0 Å². The maximum atomic E-state index is 7.96. The molecule has 0 radical (unpaired) electrons. The second-order valence-corrected chi connectivity index (χ2v) is 1.55. The van der Waals surface area contributed by atoms with E-state index in [1.165, 1.54) is 0 Å². The Morgan fingerprint density at radius 3 is 2.40 bits per heavy atom. The summed E-state index contributed by atoms with van der Waals surface area (Å²) in [5.74, 6) is 0. The third kappa shape index (κ3) is 4.74. The van der Waals surface area contributed by atoms with Crippen LogP contribution in [0.4, 0.5) is 0 Å². The Labute approximate surface area is 45.2 Å². The topological polar surface area (TPSA) is 29.5 Å². The van der Waals surface area contributed by atoms with Crippen LogP contribution in [0, 0.1) is 0 Å². The van der Waals surface area contributed by atoms with Gasteiger partial charge < -0.3 is 0 Å². The van der Waals surface area contributed by atoms with Crippen LogP contribution in [0.1, 0.15) is 0 Å². The molecule has 2 nitrogen and oxygen atoms in total. The molecule has 0 aliphatic rings. The van der Waals surface area contributed by atoms with Crippen molar-refractivity contribution in [2.45, 2.75) is 0 Å². The average Bonchev–Trinajstić information content (AvgIpc) is 1.41. The summed E-state index contributed by atoms with van der Waals surface area (Å²) in [6, 6.07) is 0. The molecule has 5 heavy (non-hydrogen) atoms. The van der Waals surface area contributed by atoms with Crippen LogP contribution in [0.25, 0.3) is 0 Å². The standard InChI is InChI=1S/C2H5O2.Sb.2H/c3-1-2-4;;;/h3H,1-2H2;;;/q-1;+1;;. The molecule has 0 fully saturated rings. The van der Waals surface area contributed by atoms with Crippen molar-refractivity contribution in [2.24, 2.45) is 0 Å². The van der Waals surface area contributed by atoms with Gasteiger partial charge in [-0.2, -0.15) is 0 Å². The van der Waals surface area contributed by atoms with Gasteiger partial charge in [0.15, 0.2) is 0 Å². The number of aliphatic hydroxyl groups is 1.